The molecule has 0 saturated carbocycles. The minimum Gasteiger partial charge on any atom is -0.493 e. The zero-order valence-corrected chi connectivity index (χ0v) is 27.9. The number of amides is 3. The van der Waals surface area contributed by atoms with Crippen LogP contribution in [0.2, 0.25) is 0 Å². The normalized spacial score (nSPS) is 14.0. The summed E-state index contributed by atoms with van der Waals surface area (Å²) < 4.78 is 10.9. The van der Waals surface area contributed by atoms with E-state index in [1.807, 2.05) is 19.9 Å². The first-order valence-electron chi connectivity index (χ1n) is 15.0. The van der Waals surface area contributed by atoms with Crippen molar-refractivity contribution in [3.63, 3.8) is 0 Å². The van der Waals surface area contributed by atoms with Crippen molar-refractivity contribution in [3.05, 3.63) is 29.8 Å². The molecule has 1 aromatic carbocycles. The van der Waals surface area contributed by atoms with Gasteiger partial charge in [0.1, 0.15) is 5.75 Å². The van der Waals surface area contributed by atoms with Gasteiger partial charge in [-0.2, -0.15) is 0 Å². The van der Waals surface area contributed by atoms with Gasteiger partial charge in [-0.3, -0.25) is 19.8 Å². The lowest BCUT2D eigenvalue weighted by molar-refractivity contribution is -0.128. The Kier molecular flexibility index (Phi) is 20.9. The summed E-state index contributed by atoms with van der Waals surface area (Å²) in [6.07, 6.45) is 1.65. The second-order valence-corrected chi connectivity index (χ2v) is 11.8. The molecule has 0 spiro atoms. The third-order valence-corrected chi connectivity index (χ3v) is 7.31. The van der Waals surface area contributed by atoms with Gasteiger partial charge in [0.2, 0.25) is 11.8 Å². The lowest BCUT2D eigenvalue weighted by atomic mass is 9.83. The number of methoxy groups -OCH3 is 1. The summed E-state index contributed by atoms with van der Waals surface area (Å²) >= 11 is 0. The van der Waals surface area contributed by atoms with E-state index in [9.17, 15) is 19.5 Å². The standard InChI is InChI=1S/C31H55N5O6.ClH/c1-21(2)23(20-34-30(39)24-12-8-9-13-28(24)42-17-11-10-16-41-7)18-26(32)27(37)19-25(22(3)4)31(40)33-15-14-29(38)35-36(5)6;/h8-9,12-13,21-23,25-27,37H,10-11,14-20,32H2,1-7H3,(H,33,40)(H,34,39)(H,35,38);1H/t23-,25+,26+,27+;/m1./s1. The largest absolute Gasteiger partial charge is 0.493 e. The molecule has 0 aromatic heterocycles. The molecule has 0 heterocycles. The lowest BCUT2D eigenvalue weighted by Crippen LogP contribution is -2.44. The van der Waals surface area contributed by atoms with E-state index >= 15 is 0 Å². The van der Waals surface area contributed by atoms with Crippen molar-refractivity contribution < 1.29 is 29.0 Å². The molecule has 0 aliphatic rings. The van der Waals surface area contributed by atoms with Crippen molar-refractivity contribution in [1.29, 1.82) is 0 Å². The fraction of sp³-hybridized carbons (Fsp3) is 0.710. The van der Waals surface area contributed by atoms with Crippen LogP contribution >= 0.6 is 12.4 Å². The average Bonchev–Trinajstić information content (AvgIpc) is 2.92. The number of aliphatic hydroxyl groups excluding tert-OH is 1. The molecule has 1 rings (SSSR count). The van der Waals surface area contributed by atoms with E-state index in [4.69, 9.17) is 15.2 Å². The van der Waals surface area contributed by atoms with Gasteiger partial charge in [0.15, 0.2) is 0 Å². The van der Waals surface area contributed by atoms with Crippen molar-refractivity contribution in [2.75, 3.05) is 47.5 Å². The Labute approximate surface area is 264 Å². The van der Waals surface area contributed by atoms with Gasteiger partial charge >= 0.3 is 0 Å². The molecule has 0 radical (unpaired) electrons. The maximum absolute atomic E-state index is 13.1. The monoisotopic (exact) mass is 629 g/mol. The van der Waals surface area contributed by atoms with Crippen molar-refractivity contribution >= 4 is 30.1 Å². The number of aliphatic hydroxyl groups is 1. The third kappa shape index (κ3) is 16.3. The number of rotatable bonds is 21. The Morgan fingerprint density at radius 3 is 2.23 bits per heavy atom. The number of nitrogens with two attached hydrogens (primary N) is 1. The lowest BCUT2D eigenvalue weighted by Gasteiger charge is -2.30. The number of halogens is 1. The van der Waals surface area contributed by atoms with E-state index in [1.54, 1.807) is 44.4 Å². The highest BCUT2D eigenvalue weighted by atomic mass is 35.5. The Morgan fingerprint density at radius 1 is 0.977 bits per heavy atom. The number of unbranched alkanes of at least 4 members (excludes halogenated alkanes) is 1. The van der Waals surface area contributed by atoms with Gasteiger partial charge in [0.05, 0.1) is 18.3 Å². The van der Waals surface area contributed by atoms with Crippen LogP contribution in [-0.2, 0) is 14.3 Å². The Hall–Kier alpha value is -2.44. The van der Waals surface area contributed by atoms with Crippen molar-refractivity contribution in [2.24, 2.45) is 29.4 Å². The van der Waals surface area contributed by atoms with Gasteiger partial charge in [0, 0.05) is 59.3 Å². The predicted molar refractivity (Wildman–Crippen MR) is 172 cm³/mol. The van der Waals surface area contributed by atoms with E-state index < -0.39 is 18.1 Å². The molecule has 4 atom stereocenters. The quantitative estimate of drug-likeness (QED) is 0.103. The number of nitrogens with one attached hydrogen (secondary N) is 3. The minimum atomic E-state index is -0.899. The summed E-state index contributed by atoms with van der Waals surface area (Å²) in [7, 11) is 5.10. The summed E-state index contributed by atoms with van der Waals surface area (Å²) in [6, 6.07) is 6.60. The number of benzene rings is 1. The molecule has 248 valence electrons. The van der Waals surface area contributed by atoms with Crippen molar-refractivity contribution in [2.45, 2.75) is 71.9 Å². The number of hydrogen-bond donors (Lipinski definition) is 5. The highest BCUT2D eigenvalue weighted by Gasteiger charge is 2.30. The Balaban J connectivity index is 0.0000176. The summed E-state index contributed by atoms with van der Waals surface area (Å²) in [5.74, 6) is -0.341. The molecule has 0 aliphatic heterocycles. The van der Waals surface area contributed by atoms with Crippen molar-refractivity contribution in [3.8, 4) is 5.75 Å². The van der Waals surface area contributed by atoms with Crippen LogP contribution in [0.15, 0.2) is 24.3 Å². The van der Waals surface area contributed by atoms with Gasteiger partial charge in [-0.25, -0.2) is 5.01 Å². The van der Waals surface area contributed by atoms with E-state index in [1.165, 1.54) is 0 Å². The second kappa shape index (κ2) is 22.1. The van der Waals surface area contributed by atoms with Gasteiger partial charge in [-0.15, -0.1) is 12.4 Å². The molecule has 0 unspecified atom stereocenters. The molecule has 3 amide bonds. The highest BCUT2D eigenvalue weighted by Crippen LogP contribution is 2.24. The first kappa shape index (κ1) is 40.6. The van der Waals surface area contributed by atoms with E-state index in [-0.39, 0.29) is 67.3 Å². The van der Waals surface area contributed by atoms with Crippen LogP contribution in [0, 0.1) is 23.7 Å². The topological polar surface area (TPSA) is 155 Å². The number of hydrazine groups is 1. The fourth-order valence-corrected chi connectivity index (χ4v) is 4.58. The molecule has 11 nitrogen and oxygen atoms in total. The molecule has 0 bridgehead atoms. The molecular weight excluding hydrogens is 574 g/mol. The van der Waals surface area contributed by atoms with E-state index in [0.717, 1.165) is 12.8 Å². The number of nitrogens with zero attached hydrogens (tertiary/aromatic N) is 1. The molecule has 0 aliphatic carbocycles. The Bertz CT molecular complexity index is 949. The highest BCUT2D eigenvalue weighted by molar-refractivity contribution is 5.96. The summed E-state index contributed by atoms with van der Waals surface area (Å²) in [4.78, 5) is 37.8. The van der Waals surface area contributed by atoms with Crippen LogP contribution in [0.5, 0.6) is 5.75 Å². The van der Waals surface area contributed by atoms with Gasteiger partial charge in [-0.05, 0) is 55.6 Å². The Morgan fingerprint density at radius 2 is 1.63 bits per heavy atom. The number of ether oxygens (including phenoxy) is 2. The number of para-hydroxylation sites is 1. The van der Waals surface area contributed by atoms with Crippen LogP contribution in [0.4, 0.5) is 0 Å². The minimum absolute atomic E-state index is 0. The number of hydrogen-bond acceptors (Lipinski definition) is 8. The average molecular weight is 630 g/mol. The third-order valence-electron chi connectivity index (χ3n) is 7.31. The van der Waals surface area contributed by atoms with Gasteiger partial charge < -0.3 is 30.9 Å². The van der Waals surface area contributed by atoms with Crippen LogP contribution in [0.1, 0.15) is 70.2 Å². The number of carbonyl (C=O) groups excluding carboxylic acids is 3. The molecule has 43 heavy (non-hydrogen) atoms. The zero-order chi connectivity index (χ0) is 31.7. The SMILES string of the molecule is COCCCCOc1ccccc1C(=O)NC[C@@H](C[C@H](N)[C@@H](O)C[C@H](C(=O)NCCC(=O)NN(C)C)C(C)C)C(C)C.Cl. The van der Waals surface area contributed by atoms with E-state index in [0.29, 0.717) is 37.5 Å². The van der Waals surface area contributed by atoms with Crippen LogP contribution in [0.3, 0.4) is 0 Å². The zero-order valence-electron chi connectivity index (χ0n) is 27.1. The second-order valence-electron chi connectivity index (χ2n) is 11.8. The van der Waals surface area contributed by atoms with E-state index in [2.05, 4.69) is 29.9 Å². The van der Waals surface area contributed by atoms with Crippen LogP contribution in [0.25, 0.3) is 0 Å². The first-order chi connectivity index (χ1) is 19.9. The fourth-order valence-electron chi connectivity index (χ4n) is 4.58. The predicted octanol–water partition coefficient (Wildman–Crippen LogP) is 2.76. The molecular formula is C31H56ClN5O6. The van der Waals surface area contributed by atoms with Crippen LogP contribution < -0.4 is 26.5 Å². The van der Waals surface area contributed by atoms with Gasteiger partial charge in [-0.1, -0.05) is 39.8 Å². The summed E-state index contributed by atoms with van der Waals surface area (Å²) in [6.45, 7) is 9.73. The summed E-state index contributed by atoms with van der Waals surface area (Å²) in [5.41, 5.74) is 9.55. The van der Waals surface area contributed by atoms with Gasteiger partial charge in [0.25, 0.3) is 5.91 Å². The number of carbonyl (C=O) groups is 3. The van der Waals surface area contributed by atoms with Crippen LogP contribution in [-0.4, -0.2) is 87.5 Å². The van der Waals surface area contributed by atoms with Crippen molar-refractivity contribution in [1.82, 2.24) is 21.1 Å². The molecule has 6 N–H and O–H groups in total. The summed E-state index contributed by atoms with van der Waals surface area (Å²) in [5, 5.41) is 18.4. The molecule has 0 saturated heterocycles. The molecule has 0 fully saturated rings. The molecule has 1 aromatic rings. The molecule has 12 heteroatoms. The smallest absolute Gasteiger partial charge is 0.255 e. The first-order valence-corrected chi connectivity index (χ1v) is 15.0. The maximum atomic E-state index is 13.1. The maximum Gasteiger partial charge on any atom is 0.255 e.